The number of fused-ring (bicyclic) bond motifs is 1. The second-order valence-corrected chi connectivity index (χ2v) is 7.57. The van der Waals surface area contributed by atoms with Crippen molar-refractivity contribution in [2.75, 3.05) is 13.2 Å². The molecule has 0 aliphatic carbocycles. The normalized spacial score (nSPS) is 11.4. The molecule has 1 heterocycles. The van der Waals surface area contributed by atoms with Crippen LogP contribution in [0, 0.1) is 0 Å². The molecule has 2 rings (SSSR count). The molecule has 2 aromatic rings. The molecule has 5 heteroatoms. The Morgan fingerprint density at radius 2 is 1.67 bits per heavy atom. The van der Waals surface area contributed by atoms with Crippen LogP contribution < -0.4 is 15.1 Å². The first-order chi connectivity index (χ1) is 14.7. The van der Waals surface area contributed by atoms with E-state index in [9.17, 15) is 9.90 Å². The minimum absolute atomic E-state index is 0.139. The molecule has 0 bridgehead atoms. The van der Waals surface area contributed by atoms with Gasteiger partial charge in [-0.15, -0.1) is 0 Å². The summed E-state index contributed by atoms with van der Waals surface area (Å²) in [6.45, 7) is 5.22. The molecule has 0 fully saturated rings. The van der Waals surface area contributed by atoms with Crippen LogP contribution in [0.3, 0.4) is 0 Å². The van der Waals surface area contributed by atoms with E-state index in [4.69, 9.17) is 13.9 Å². The second-order valence-electron chi connectivity index (χ2n) is 7.57. The first kappa shape index (κ1) is 23.8. The summed E-state index contributed by atoms with van der Waals surface area (Å²) >= 11 is 0. The molecular weight excluding hydrogens is 380 g/mol. The Morgan fingerprint density at radius 1 is 0.933 bits per heavy atom. The fourth-order valence-electron chi connectivity index (χ4n) is 3.30. The van der Waals surface area contributed by atoms with Crippen LogP contribution in [0.5, 0.6) is 17.2 Å². The zero-order chi connectivity index (χ0) is 21.6. The van der Waals surface area contributed by atoms with Gasteiger partial charge in [0.1, 0.15) is 11.3 Å². The highest BCUT2D eigenvalue weighted by Crippen LogP contribution is 2.33. The van der Waals surface area contributed by atoms with Gasteiger partial charge in [0, 0.05) is 6.07 Å². The highest BCUT2D eigenvalue weighted by Gasteiger charge is 2.15. The van der Waals surface area contributed by atoms with Crippen LogP contribution in [0.15, 0.2) is 39.6 Å². The molecule has 0 unspecified atom stereocenters. The zero-order valence-electron chi connectivity index (χ0n) is 18.5. The van der Waals surface area contributed by atoms with Crippen molar-refractivity contribution in [1.82, 2.24) is 0 Å². The third kappa shape index (κ3) is 7.77. The summed E-state index contributed by atoms with van der Waals surface area (Å²) in [4.78, 5) is 12.2. The highest BCUT2D eigenvalue weighted by atomic mass is 16.5. The van der Waals surface area contributed by atoms with Gasteiger partial charge in [0.25, 0.3) is 0 Å². The number of hydrogen-bond donors (Lipinski definition) is 1. The van der Waals surface area contributed by atoms with Crippen molar-refractivity contribution in [2.24, 2.45) is 0 Å². The molecular formula is C25H36O5. The first-order valence-corrected chi connectivity index (χ1v) is 11.4. The number of allylic oxidation sites excluding steroid dienone is 1. The van der Waals surface area contributed by atoms with Gasteiger partial charge in [-0.25, -0.2) is 4.79 Å². The zero-order valence-corrected chi connectivity index (χ0v) is 18.5. The number of benzene rings is 1. The van der Waals surface area contributed by atoms with E-state index in [0.29, 0.717) is 36.4 Å². The molecule has 0 spiro atoms. The van der Waals surface area contributed by atoms with Crippen molar-refractivity contribution in [3.63, 3.8) is 0 Å². The molecule has 0 saturated carbocycles. The van der Waals surface area contributed by atoms with Gasteiger partial charge in [0.05, 0.1) is 18.6 Å². The lowest BCUT2D eigenvalue weighted by Crippen LogP contribution is -2.08. The van der Waals surface area contributed by atoms with Crippen molar-refractivity contribution < 1.29 is 19.0 Å². The third-order valence-electron chi connectivity index (χ3n) is 5.01. The van der Waals surface area contributed by atoms with Crippen LogP contribution in [-0.2, 0) is 0 Å². The minimum Gasteiger partial charge on any atom is -0.504 e. The lowest BCUT2D eigenvalue weighted by Gasteiger charge is -2.10. The van der Waals surface area contributed by atoms with Crippen LogP contribution in [0.1, 0.15) is 78.1 Å². The van der Waals surface area contributed by atoms with E-state index < -0.39 is 5.63 Å². The van der Waals surface area contributed by atoms with Gasteiger partial charge in [-0.2, -0.15) is 0 Å². The first-order valence-electron chi connectivity index (χ1n) is 11.4. The Hall–Kier alpha value is -2.43. The molecule has 0 saturated heterocycles. The molecule has 1 aromatic heterocycles. The Kier molecular flexibility index (Phi) is 10.9. The van der Waals surface area contributed by atoms with Crippen molar-refractivity contribution >= 4 is 11.0 Å². The Morgan fingerprint density at radius 3 is 2.40 bits per heavy atom. The van der Waals surface area contributed by atoms with Crippen molar-refractivity contribution in [1.29, 1.82) is 0 Å². The molecule has 166 valence electrons. The fourth-order valence-corrected chi connectivity index (χ4v) is 3.30. The average Bonchev–Trinajstić information content (AvgIpc) is 2.74. The van der Waals surface area contributed by atoms with Gasteiger partial charge < -0.3 is 19.0 Å². The predicted molar refractivity (Wildman–Crippen MR) is 122 cm³/mol. The fraction of sp³-hybridized carbons (Fsp3) is 0.560. The Bertz CT molecular complexity index is 837. The molecule has 30 heavy (non-hydrogen) atoms. The molecule has 5 nitrogen and oxygen atoms in total. The van der Waals surface area contributed by atoms with Gasteiger partial charge in [-0.3, -0.25) is 0 Å². The highest BCUT2D eigenvalue weighted by molar-refractivity contribution is 5.86. The van der Waals surface area contributed by atoms with E-state index in [1.165, 1.54) is 38.5 Å². The Balaban J connectivity index is 1.85. The number of ether oxygens (including phenoxy) is 2. The number of hydrogen-bond acceptors (Lipinski definition) is 5. The van der Waals surface area contributed by atoms with Gasteiger partial charge in [0.2, 0.25) is 5.75 Å². The van der Waals surface area contributed by atoms with Crippen LogP contribution in [0.2, 0.25) is 0 Å². The smallest absolute Gasteiger partial charge is 0.383 e. The molecule has 0 amide bonds. The van der Waals surface area contributed by atoms with Gasteiger partial charge >= 0.3 is 5.63 Å². The topological polar surface area (TPSA) is 68.9 Å². The van der Waals surface area contributed by atoms with E-state index in [1.54, 1.807) is 18.2 Å². The quantitative estimate of drug-likeness (QED) is 0.197. The number of rotatable bonds is 15. The largest absolute Gasteiger partial charge is 0.504 e. The summed E-state index contributed by atoms with van der Waals surface area (Å²) < 4.78 is 16.6. The maximum Gasteiger partial charge on any atom is 0.383 e. The lowest BCUT2D eigenvalue weighted by molar-refractivity contribution is 0.289. The summed E-state index contributed by atoms with van der Waals surface area (Å²) in [7, 11) is 0. The van der Waals surface area contributed by atoms with Crippen molar-refractivity contribution in [2.45, 2.75) is 78.1 Å². The van der Waals surface area contributed by atoms with Gasteiger partial charge in [0.15, 0.2) is 5.75 Å². The van der Waals surface area contributed by atoms with E-state index in [0.717, 1.165) is 19.3 Å². The molecule has 0 radical (unpaired) electrons. The molecule has 0 aliphatic heterocycles. The van der Waals surface area contributed by atoms with Crippen LogP contribution in [0.4, 0.5) is 0 Å². The molecule has 1 N–H and O–H groups in total. The van der Waals surface area contributed by atoms with E-state index in [2.05, 4.69) is 13.8 Å². The maximum absolute atomic E-state index is 12.2. The predicted octanol–water partition coefficient (Wildman–Crippen LogP) is 6.75. The summed E-state index contributed by atoms with van der Waals surface area (Å²) in [6.07, 6.45) is 15.6. The van der Waals surface area contributed by atoms with Crippen molar-refractivity contribution in [3.8, 4) is 17.2 Å². The summed E-state index contributed by atoms with van der Waals surface area (Å²) in [5, 5.41) is 10.9. The van der Waals surface area contributed by atoms with E-state index in [-0.39, 0.29) is 11.5 Å². The minimum atomic E-state index is -0.681. The van der Waals surface area contributed by atoms with E-state index >= 15 is 0 Å². The molecule has 0 aliphatic rings. The van der Waals surface area contributed by atoms with Crippen LogP contribution in [0.25, 0.3) is 11.0 Å². The third-order valence-corrected chi connectivity index (χ3v) is 5.01. The summed E-state index contributed by atoms with van der Waals surface area (Å²) in [5.41, 5.74) is -0.385. The summed E-state index contributed by atoms with van der Waals surface area (Å²) in [6, 6.07) is 5.12. The SMILES string of the molecule is CC/C=C/CCOc1c(O)c2ccc(OCCCCCCCCCC)cc2oc1=O. The Labute approximate surface area is 179 Å². The van der Waals surface area contributed by atoms with Gasteiger partial charge in [-0.1, -0.05) is 70.9 Å². The van der Waals surface area contributed by atoms with E-state index in [1.807, 2.05) is 12.2 Å². The van der Waals surface area contributed by atoms with Crippen LogP contribution in [-0.4, -0.2) is 18.3 Å². The van der Waals surface area contributed by atoms with Crippen LogP contribution >= 0.6 is 0 Å². The van der Waals surface area contributed by atoms with Gasteiger partial charge in [-0.05, 0) is 31.4 Å². The lowest BCUT2D eigenvalue weighted by atomic mass is 10.1. The standard InChI is InChI=1S/C25H36O5/c1-3-5-7-9-10-11-12-14-17-28-20-15-16-21-22(19-20)30-25(27)24(23(21)26)29-18-13-8-6-4-2/h6,8,15-16,19,26H,3-5,7,9-14,17-18H2,1-2H3/b8-6+. The second kappa shape index (κ2) is 13.7. The number of unbranched alkanes of at least 4 members (excludes halogenated alkanes) is 7. The number of aromatic hydroxyl groups is 1. The summed E-state index contributed by atoms with van der Waals surface area (Å²) in [5.74, 6) is 0.307. The maximum atomic E-state index is 12.2. The molecule has 0 atom stereocenters. The average molecular weight is 417 g/mol. The monoisotopic (exact) mass is 416 g/mol. The van der Waals surface area contributed by atoms with Crippen molar-refractivity contribution in [3.05, 3.63) is 40.8 Å². The molecule has 1 aromatic carbocycles.